The highest BCUT2D eigenvalue weighted by atomic mass is 35.5. The Morgan fingerprint density at radius 2 is 0.931 bits per heavy atom. The van der Waals surface area contributed by atoms with E-state index in [1.807, 2.05) is 38.1 Å². The standard InChI is InChI=1S/C21H32N4.4ClH/c1-16-14-18(8-10-20(16)22)24-12-6-4-3-5-7-13-25-19-9-11-21(23)17(2)15-19;;;;/h8-11,14-15,24-25H,3-7,12-13,22-23H2,1-2H3;4*1H. The lowest BCUT2D eigenvalue weighted by atomic mass is 10.1. The Bertz CT molecular complexity index is 626. The van der Waals surface area contributed by atoms with E-state index in [1.165, 1.54) is 32.1 Å². The normalized spacial score (nSPS) is 9.17. The third-order valence-corrected chi connectivity index (χ3v) is 4.55. The van der Waals surface area contributed by atoms with Gasteiger partial charge in [-0.25, -0.2) is 0 Å². The fraction of sp³-hybridized carbons (Fsp3) is 0.429. The number of anilines is 4. The molecule has 0 aromatic heterocycles. The van der Waals surface area contributed by atoms with Crippen LogP contribution in [0.15, 0.2) is 36.4 Å². The van der Waals surface area contributed by atoms with E-state index in [-0.39, 0.29) is 49.6 Å². The summed E-state index contributed by atoms with van der Waals surface area (Å²) >= 11 is 0. The second-order valence-corrected chi connectivity index (χ2v) is 6.76. The van der Waals surface area contributed by atoms with Crippen LogP contribution in [-0.4, -0.2) is 13.1 Å². The van der Waals surface area contributed by atoms with Crippen LogP contribution in [0.3, 0.4) is 0 Å². The number of halogens is 4. The van der Waals surface area contributed by atoms with Gasteiger partial charge in [0, 0.05) is 35.8 Å². The highest BCUT2D eigenvalue weighted by Crippen LogP contribution is 2.17. The Morgan fingerprint density at radius 3 is 1.28 bits per heavy atom. The van der Waals surface area contributed by atoms with Crippen LogP contribution in [0.5, 0.6) is 0 Å². The van der Waals surface area contributed by atoms with E-state index in [2.05, 4.69) is 22.8 Å². The van der Waals surface area contributed by atoms with Gasteiger partial charge in [-0.3, -0.25) is 0 Å². The third kappa shape index (κ3) is 12.2. The van der Waals surface area contributed by atoms with Gasteiger partial charge in [0.05, 0.1) is 0 Å². The molecular weight excluding hydrogens is 450 g/mol. The molecule has 6 N–H and O–H groups in total. The fourth-order valence-corrected chi connectivity index (χ4v) is 2.82. The predicted molar refractivity (Wildman–Crippen MR) is 140 cm³/mol. The summed E-state index contributed by atoms with van der Waals surface area (Å²) in [4.78, 5) is 0. The number of benzene rings is 2. The van der Waals surface area contributed by atoms with E-state index in [4.69, 9.17) is 11.5 Å². The molecule has 0 saturated heterocycles. The summed E-state index contributed by atoms with van der Waals surface area (Å²) in [5, 5.41) is 6.94. The zero-order valence-electron chi connectivity index (χ0n) is 17.2. The molecule has 168 valence electrons. The van der Waals surface area contributed by atoms with Gasteiger partial charge in [-0.15, -0.1) is 49.6 Å². The maximum atomic E-state index is 5.84. The molecule has 0 bridgehead atoms. The van der Waals surface area contributed by atoms with Crippen LogP contribution in [0.2, 0.25) is 0 Å². The van der Waals surface area contributed by atoms with Crippen LogP contribution in [0.1, 0.15) is 43.2 Å². The minimum atomic E-state index is 0. The molecule has 8 heteroatoms. The quantitative estimate of drug-likeness (QED) is 0.225. The van der Waals surface area contributed by atoms with Crippen molar-refractivity contribution in [3.05, 3.63) is 47.5 Å². The van der Waals surface area contributed by atoms with Crippen LogP contribution < -0.4 is 22.1 Å². The van der Waals surface area contributed by atoms with Crippen molar-refractivity contribution in [1.29, 1.82) is 0 Å². The van der Waals surface area contributed by atoms with Crippen LogP contribution in [-0.2, 0) is 0 Å². The van der Waals surface area contributed by atoms with Gasteiger partial charge in [0.15, 0.2) is 0 Å². The first-order valence-electron chi connectivity index (χ1n) is 9.26. The molecule has 0 amide bonds. The molecule has 2 aromatic rings. The minimum absolute atomic E-state index is 0. The number of aryl methyl sites for hydroxylation is 2. The van der Waals surface area contributed by atoms with Crippen molar-refractivity contribution in [3.63, 3.8) is 0 Å². The third-order valence-electron chi connectivity index (χ3n) is 4.55. The lowest BCUT2D eigenvalue weighted by molar-refractivity contribution is 0.635. The monoisotopic (exact) mass is 484 g/mol. The molecule has 29 heavy (non-hydrogen) atoms. The van der Waals surface area contributed by atoms with Gasteiger partial charge in [0.2, 0.25) is 0 Å². The number of nitrogens with two attached hydrogens (primary N) is 2. The predicted octanol–water partition coefficient (Wildman–Crippen LogP) is 6.63. The molecule has 0 atom stereocenters. The van der Waals surface area contributed by atoms with E-state index in [9.17, 15) is 0 Å². The fourth-order valence-electron chi connectivity index (χ4n) is 2.82. The molecule has 2 aromatic carbocycles. The van der Waals surface area contributed by atoms with Gasteiger partial charge in [0.1, 0.15) is 0 Å². The van der Waals surface area contributed by atoms with Gasteiger partial charge in [-0.2, -0.15) is 0 Å². The van der Waals surface area contributed by atoms with Crippen molar-refractivity contribution < 1.29 is 0 Å². The van der Waals surface area contributed by atoms with Crippen LogP contribution >= 0.6 is 49.6 Å². The number of unbranched alkanes of at least 4 members (excludes halogenated alkanes) is 4. The number of nitrogens with one attached hydrogen (secondary N) is 2. The molecule has 0 radical (unpaired) electrons. The zero-order chi connectivity index (χ0) is 18.1. The molecule has 4 nitrogen and oxygen atoms in total. The van der Waals surface area contributed by atoms with Gasteiger partial charge >= 0.3 is 0 Å². The van der Waals surface area contributed by atoms with E-state index in [0.717, 1.165) is 47.0 Å². The molecule has 0 fully saturated rings. The van der Waals surface area contributed by atoms with Crippen molar-refractivity contribution >= 4 is 72.4 Å². The van der Waals surface area contributed by atoms with Gasteiger partial charge < -0.3 is 22.1 Å². The lowest BCUT2D eigenvalue weighted by Gasteiger charge is -2.09. The first-order chi connectivity index (χ1) is 12.1. The van der Waals surface area contributed by atoms with Crippen molar-refractivity contribution in [3.8, 4) is 0 Å². The molecule has 0 saturated carbocycles. The Kier molecular flexibility index (Phi) is 19.7. The molecule has 2 rings (SSSR count). The van der Waals surface area contributed by atoms with Crippen molar-refractivity contribution in [2.45, 2.75) is 46.0 Å². The average Bonchev–Trinajstić information content (AvgIpc) is 2.59. The first kappa shape index (κ1) is 32.5. The zero-order valence-corrected chi connectivity index (χ0v) is 20.5. The second-order valence-electron chi connectivity index (χ2n) is 6.76. The molecular formula is C21H36Cl4N4. The molecule has 0 aliphatic rings. The highest BCUT2D eigenvalue weighted by molar-refractivity contribution is 5.86. The molecule has 0 unspecified atom stereocenters. The smallest absolute Gasteiger partial charge is 0.0345 e. The largest absolute Gasteiger partial charge is 0.399 e. The molecule has 0 heterocycles. The molecule has 0 aliphatic carbocycles. The highest BCUT2D eigenvalue weighted by Gasteiger charge is 1.98. The minimum Gasteiger partial charge on any atom is -0.399 e. The summed E-state index contributed by atoms with van der Waals surface area (Å²) in [6.07, 6.45) is 6.22. The van der Waals surface area contributed by atoms with Gasteiger partial charge in [-0.05, 0) is 74.2 Å². The number of rotatable bonds is 10. The van der Waals surface area contributed by atoms with E-state index in [1.54, 1.807) is 0 Å². The summed E-state index contributed by atoms with van der Waals surface area (Å²) in [7, 11) is 0. The molecule has 0 spiro atoms. The number of hydrogen-bond donors (Lipinski definition) is 4. The Labute approximate surface area is 200 Å². The Balaban J connectivity index is -0.00000169. The molecule has 0 aliphatic heterocycles. The maximum absolute atomic E-state index is 5.84. The van der Waals surface area contributed by atoms with Crippen molar-refractivity contribution in [2.24, 2.45) is 0 Å². The summed E-state index contributed by atoms with van der Waals surface area (Å²) in [6.45, 7) is 6.12. The van der Waals surface area contributed by atoms with E-state index < -0.39 is 0 Å². The Morgan fingerprint density at radius 1 is 0.586 bits per heavy atom. The summed E-state index contributed by atoms with van der Waals surface area (Å²) in [6, 6.07) is 12.3. The van der Waals surface area contributed by atoms with Crippen LogP contribution in [0.4, 0.5) is 22.7 Å². The van der Waals surface area contributed by atoms with Crippen LogP contribution in [0, 0.1) is 13.8 Å². The number of hydrogen-bond acceptors (Lipinski definition) is 4. The Hall–Kier alpha value is -1.20. The van der Waals surface area contributed by atoms with E-state index in [0.29, 0.717) is 0 Å². The lowest BCUT2D eigenvalue weighted by Crippen LogP contribution is -2.03. The van der Waals surface area contributed by atoms with Crippen molar-refractivity contribution in [2.75, 3.05) is 35.2 Å². The number of nitrogen functional groups attached to an aromatic ring is 2. The van der Waals surface area contributed by atoms with Gasteiger partial charge in [-0.1, -0.05) is 19.3 Å². The summed E-state index contributed by atoms with van der Waals surface area (Å²) in [5.74, 6) is 0. The maximum Gasteiger partial charge on any atom is 0.0345 e. The van der Waals surface area contributed by atoms with Gasteiger partial charge in [0.25, 0.3) is 0 Å². The topological polar surface area (TPSA) is 76.1 Å². The average molecular weight is 486 g/mol. The van der Waals surface area contributed by atoms with Crippen molar-refractivity contribution in [1.82, 2.24) is 0 Å². The first-order valence-corrected chi connectivity index (χ1v) is 9.26. The second kappa shape index (κ2) is 17.6. The SMILES string of the molecule is Cc1cc(NCCCCCCCNc2ccc(N)c(C)c2)ccc1N.Cl.Cl.Cl.Cl. The van der Waals surface area contributed by atoms with E-state index >= 15 is 0 Å². The summed E-state index contributed by atoms with van der Waals surface area (Å²) < 4.78 is 0. The van der Waals surface area contributed by atoms with Crippen LogP contribution in [0.25, 0.3) is 0 Å². The summed E-state index contributed by atoms with van der Waals surface area (Å²) in [5.41, 5.74) is 18.0.